The fraction of sp³-hybridized carbons (Fsp3) is 0.150. The molecule has 3 aromatic rings. The zero-order valence-electron chi connectivity index (χ0n) is 15.2. The summed E-state index contributed by atoms with van der Waals surface area (Å²) in [6.07, 6.45) is 2.31. The second-order valence-electron chi connectivity index (χ2n) is 6.19. The third-order valence-corrected chi connectivity index (χ3v) is 6.14. The standard InChI is InChI=1S/C20H16Cl3N3O2S/c1-11(25-19(28)14-6-4-8-16(22)17(14)23)18(27)26-20-24-10-13(29-20)9-12-5-2-3-7-15(12)21/h2-8,10-11H,9H2,1H3,(H,25,28)(H,24,26,27). The maximum Gasteiger partial charge on any atom is 0.253 e. The Labute approximate surface area is 187 Å². The van der Waals surface area contributed by atoms with Gasteiger partial charge >= 0.3 is 0 Å². The molecule has 0 aliphatic rings. The first-order valence-corrected chi connectivity index (χ1v) is 10.5. The van der Waals surface area contributed by atoms with Crippen LogP contribution in [0.25, 0.3) is 0 Å². The van der Waals surface area contributed by atoms with Gasteiger partial charge in [-0.3, -0.25) is 9.59 Å². The van der Waals surface area contributed by atoms with Crippen molar-refractivity contribution in [1.82, 2.24) is 10.3 Å². The summed E-state index contributed by atoms with van der Waals surface area (Å²) >= 11 is 19.5. The second-order valence-corrected chi connectivity index (χ2v) is 8.49. The maximum absolute atomic E-state index is 12.4. The number of amides is 2. The summed E-state index contributed by atoms with van der Waals surface area (Å²) in [6.45, 7) is 1.57. The van der Waals surface area contributed by atoms with Crippen LogP contribution in [0.4, 0.5) is 5.13 Å². The van der Waals surface area contributed by atoms with Gasteiger partial charge in [-0.05, 0) is 30.7 Å². The molecule has 29 heavy (non-hydrogen) atoms. The Hall–Kier alpha value is -2.12. The molecule has 0 spiro atoms. The first-order chi connectivity index (χ1) is 13.8. The largest absolute Gasteiger partial charge is 0.340 e. The molecule has 1 atom stereocenters. The smallest absolute Gasteiger partial charge is 0.253 e. The van der Waals surface area contributed by atoms with Crippen molar-refractivity contribution in [3.8, 4) is 0 Å². The molecule has 0 saturated carbocycles. The highest BCUT2D eigenvalue weighted by atomic mass is 35.5. The number of anilines is 1. The first-order valence-electron chi connectivity index (χ1n) is 8.59. The van der Waals surface area contributed by atoms with Gasteiger partial charge in [0.05, 0.1) is 15.6 Å². The SMILES string of the molecule is CC(NC(=O)c1cccc(Cl)c1Cl)C(=O)Nc1ncc(Cc2ccccc2Cl)s1. The van der Waals surface area contributed by atoms with E-state index in [-0.39, 0.29) is 15.6 Å². The number of thiazole rings is 1. The van der Waals surface area contributed by atoms with E-state index in [0.717, 1.165) is 10.4 Å². The molecule has 0 aliphatic heterocycles. The summed E-state index contributed by atoms with van der Waals surface area (Å²) in [5, 5.41) is 6.85. The Balaban J connectivity index is 1.60. The molecule has 3 rings (SSSR count). The highest BCUT2D eigenvalue weighted by molar-refractivity contribution is 7.15. The lowest BCUT2D eigenvalue weighted by Crippen LogP contribution is -2.41. The van der Waals surface area contributed by atoms with Gasteiger partial charge < -0.3 is 10.6 Å². The van der Waals surface area contributed by atoms with Gasteiger partial charge in [0.25, 0.3) is 5.91 Å². The molecular weight excluding hydrogens is 453 g/mol. The van der Waals surface area contributed by atoms with E-state index in [1.165, 1.54) is 17.4 Å². The Kier molecular flexibility index (Phi) is 7.14. The van der Waals surface area contributed by atoms with E-state index in [1.807, 2.05) is 24.3 Å². The number of halogens is 3. The molecule has 0 bridgehead atoms. The lowest BCUT2D eigenvalue weighted by Gasteiger charge is -2.14. The number of aromatic nitrogens is 1. The predicted molar refractivity (Wildman–Crippen MR) is 118 cm³/mol. The highest BCUT2D eigenvalue weighted by Crippen LogP contribution is 2.26. The van der Waals surface area contributed by atoms with Crippen LogP contribution < -0.4 is 10.6 Å². The van der Waals surface area contributed by atoms with Crippen molar-refractivity contribution in [2.45, 2.75) is 19.4 Å². The van der Waals surface area contributed by atoms with E-state index in [1.54, 1.807) is 25.3 Å². The number of hydrogen-bond acceptors (Lipinski definition) is 4. The lowest BCUT2D eigenvalue weighted by molar-refractivity contribution is -0.117. The van der Waals surface area contributed by atoms with Gasteiger partial charge in [-0.1, -0.05) is 59.1 Å². The van der Waals surface area contributed by atoms with Crippen LogP contribution in [0.2, 0.25) is 15.1 Å². The fourth-order valence-corrected chi connectivity index (χ4v) is 3.94. The number of benzene rings is 2. The third-order valence-electron chi connectivity index (χ3n) is 4.04. The van der Waals surface area contributed by atoms with Crippen molar-refractivity contribution < 1.29 is 9.59 Å². The second kappa shape index (κ2) is 9.59. The van der Waals surface area contributed by atoms with Gasteiger partial charge in [-0.25, -0.2) is 4.98 Å². The maximum atomic E-state index is 12.4. The molecule has 0 aliphatic carbocycles. The number of carbonyl (C=O) groups is 2. The van der Waals surface area contributed by atoms with Gasteiger partial charge in [-0.2, -0.15) is 0 Å². The molecular formula is C20H16Cl3N3O2S. The monoisotopic (exact) mass is 467 g/mol. The van der Waals surface area contributed by atoms with Crippen LogP contribution in [0.1, 0.15) is 27.7 Å². The summed E-state index contributed by atoms with van der Waals surface area (Å²) in [7, 11) is 0. The van der Waals surface area contributed by atoms with Crippen LogP contribution in [0.5, 0.6) is 0 Å². The molecule has 0 saturated heterocycles. The van der Waals surface area contributed by atoms with E-state index in [2.05, 4.69) is 15.6 Å². The molecule has 2 N–H and O–H groups in total. The molecule has 2 aromatic carbocycles. The molecule has 1 unspecified atom stereocenters. The molecule has 5 nitrogen and oxygen atoms in total. The Bertz CT molecular complexity index is 1050. The summed E-state index contributed by atoms with van der Waals surface area (Å²) in [5.74, 6) is -0.881. The van der Waals surface area contributed by atoms with Crippen LogP contribution >= 0.6 is 46.1 Å². The van der Waals surface area contributed by atoms with E-state index in [9.17, 15) is 9.59 Å². The van der Waals surface area contributed by atoms with E-state index in [4.69, 9.17) is 34.8 Å². The predicted octanol–water partition coefficient (Wildman–Crippen LogP) is 5.45. The van der Waals surface area contributed by atoms with Gasteiger partial charge in [0.1, 0.15) is 6.04 Å². The minimum absolute atomic E-state index is 0.142. The average Bonchev–Trinajstić information content (AvgIpc) is 3.12. The fourth-order valence-electron chi connectivity index (χ4n) is 2.51. The van der Waals surface area contributed by atoms with Crippen molar-refractivity contribution >= 4 is 63.1 Å². The molecule has 0 fully saturated rings. The van der Waals surface area contributed by atoms with Crippen molar-refractivity contribution in [3.63, 3.8) is 0 Å². The summed E-state index contributed by atoms with van der Waals surface area (Å²) < 4.78 is 0. The number of nitrogens with one attached hydrogen (secondary N) is 2. The minimum Gasteiger partial charge on any atom is -0.340 e. The van der Waals surface area contributed by atoms with Gasteiger partial charge in [0.15, 0.2) is 5.13 Å². The zero-order valence-corrected chi connectivity index (χ0v) is 18.3. The third kappa shape index (κ3) is 5.48. The summed E-state index contributed by atoms with van der Waals surface area (Å²) in [5.41, 5.74) is 1.19. The number of hydrogen-bond donors (Lipinski definition) is 2. The van der Waals surface area contributed by atoms with E-state index >= 15 is 0 Å². The molecule has 0 radical (unpaired) electrons. The van der Waals surface area contributed by atoms with E-state index in [0.29, 0.717) is 16.6 Å². The molecule has 1 aromatic heterocycles. The normalized spacial score (nSPS) is 11.7. The molecule has 1 heterocycles. The first kappa shape index (κ1) is 21.6. The lowest BCUT2D eigenvalue weighted by atomic mass is 10.1. The molecule has 9 heteroatoms. The molecule has 2 amide bonds. The highest BCUT2D eigenvalue weighted by Gasteiger charge is 2.20. The Morgan fingerprint density at radius 1 is 1.07 bits per heavy atom. The number of carbonyl (C=O) groups excluding carboxylic acids is 2. The quantitative estimate of drug-likeness (QED) is 0.505. The summed E-state index contributed by atoms with van der Waals surface area (Å²) in [6, 6.07) is 11.5. The van der Waals surface area contributed by atoms with Crippen LogP contribution in [0.3, 0.4) is 0 Å². The minimum atomic E-state index is -0.798. The van der Waals surface area contributed by atoms with Crippen LogP contribution in [-0.4, -0.2) is 22.8 Å². The van der Waals surface area contributed by atoms with Crippen molar-refractivity contribution in [1.29, 1.82) is 0 Å². The van der Waals surface area contributed by atoms with E-state index < -0.39 is 17.9 Å². The van der Waals surface area contributed by atoms with Gasteiger partial charge in [-0.15, -0.1) is 11.3 Å². The van der Waals surface area contributed by atoms with Crippen LogP contribution in [0.15, 0.2) is 48.7 Å². The summed E-state index contributed by atoms with van der Waals surface area (Å²) in [4.78, 5) is 30.0. The molecule has 150 valence electrons. The van der Waals surface area contributed by atoms with Crippen LogP contribution in [0, 0.1) is 0 Å². The van der Waals surface area contributed by atoms with Crippen molar-refractivity contribution in [2.24, 2.45) is 0 Å². The van der Waals surface area contributed by atoms with Crippen molar-refractivity contribution in [2.75, 3.05) is 5.32 Å². The Morgan fingerprint density at radius 2 is 1.79 bits per heavy atom. The Morgan fingerprint density at radius 3 is 2.55 bits per heavy atom. The zero-order chi connectivity index (χ0) is 21.0. The van der Waals surface area contributed by atoms with Crippen molar-refractivity contribution in [3.05, 3.63) is 79.7 Å². The number of nitrogens with zero attached hydrogens (tertiary/aromatic N) is 1. The van der Waals surface area contributed by atoms with Gasteiger partial charge in [0.2, 0.25) is 5.91 Å². The topological polar surface area (TPSA) is 71.1 Å². The average molecular weight is 469 g/mol. The van der Waals surface area contributed by atoms with Crippen LogP contribution in [-0.2, 0) is 11.2 Å². The number of rotatable bonds is 6. The van der Waals surface area contributed by atoms with Gasteiger partial charge in [0, 0.05) is 22.5 Å².